The van der Waals surface area contributed by atoms with Crippen molar-refractivity contribution in [2.45, 2.75) is 37.9 Å². The van der Waals surface area contributed by atoms with E-state index in [0.29, 0.717) is 45.2 Å². The second-order valence-corrected chi connectivity index (χ2v) is 11.6. The van der Waals surface area contributed by atoms with E-state index >= 15 is 0 Å². The molecule has 2 aromatic heterocycles. The van der Waals surface area contributed by atoms with Gasteiger partial charge in [-0.25, -0.2) is 23.4 Å². The number of nitrogens with one attached hydrogen (secondary N) is 1. The van der Waals surface area contributed by atoms with Crippen molar-refractivity contribution in [3.8, 4) is 21.8 Å². The van der Waals surface area contributed by atoms with Crippen molar-refractivity contribution < 1.29 is 8.42 Å². The average Bonchev–Trinajstić information content (AvgIpc) is 3.49. The molecule has 31 heavy (non-hydrogen) atoms. The summed E-state index contributed by atoms with van der Waals surface area (Å²) in [6, 6.07) is 5.20. The van der Waals surface area contributed by atoms with Gasteiger partial charge in [0.15, 0.2) is 9.84 Å². The number of aromatic nitrogens is 3. The largest absolute Gasteiger partial charge is 0.357 e. The quantitative estimate of drug-likeness (QED) is 0.422. The highest BCUT2D eigenvalue weighted by atomic mass is 35.5. The van der Waals surface area contributed by atoms with E-state index in [0.717, 1.165) is 28.4 Å². The Morgan fingerprint density at radius 3 is 2.68 bits per heavy atom. The SMILES string of the molecule is CCCS(=O)(=O)Cc1cc(Cl)cc(-c2nc(C3CC3)sc2-c2ccnc(NC)n2)c1Cl. The van der Waals surface area contributed by atoms with Crippen LogP contribution in [0.5, 0.6) is 0 Å². The summed E-state index contributed by atoms with van der Waals surface area (Å²) in [4.78, 5) is 14.5. The number of anilines is 1. The molecule has 0 spiro atoms. The van der Waals surface area contributed by atoms with Crippen LogP contribution in [0.2, 0.25) is 10.0 Å². The Morgan fingerprint density at radius 1 is 1.23 bits per heavy atom. The van der Waals surface area contributed by atoms with Crippen LogP contribution in [0.3, 0.4) is 0 Å². The summed E-state index contributed by atoms with van der Waals surface area (Å²) in [6.45, 7) is 1.84. The monoisotopic (exact) mass is 496 g/mol. The minimum absolute atomic E-state index is 0.104. The highest BCUT2D eigenvalue weighted by molar-refractivity contribution is 7.90. The molecule has 1 aromatic carbocycles. The maximum Gasteiger partial charge on any atom is 0.222 e. The van der Waals surface area contributed by atoms with E-state index in [1.807, 2.05) is 13.0 Å². The number of hydrogen-bond acceptors (Lipinski definition) is 7. The summed E-state index contributed by atoms with van der Waals surface area (Å²) in [7, 11) is -1.52. The lowest BCUT2D eigenvalue weighted by Crippen LogP contribution is -2.09. The van der Waals surface area contributed by atoms with E-state index in [-0.39, 0.29) is 11.5 Å². The average molecular weight is 497 g/mol. The maximum atomic E-state index is 12.4. The first kappa shape index (κ1) is 22.5. The molecule has 1 saturated carbocycles. The lowest BCUT2D eigenvalue weighted by atomic mass is 10.1. The fourth-order valence-corrected chi connectivity index (χ4v) is 6.62. The molecule has 0 radical (unpaired) electrons. The van der Waals surface area contributed by atoms with Crippen molar-refractivity contribution in [3.05, 3.63) is 45.0 Å². The Balaban J connectivity index is 1.86. The number of thiazole rings is 1. The number of nitrogens with zero attached hydrogens (tertiary/aromatic N) is 3. The zero-order valence-corrected chi connectivity index (χ0v) is 20.3. The van der Waals surface area contributed by atoms with Crippen LogP contribution in [0.1, 0.15) is 42.7 Å². The first-order valence-corrected chi connectivity index (χ1v) is 13.4. The molecule has 0 amide bonds. The Bertz CT molecular complexity index is 1220. The summed E-state index contributed by atoms with van der Waals surface area (Å²) < 4.78 is 24.9. The van der Waals surface area contributed by atoms with Crippen molar-refractivity contribution in [1.82, 2.24) is 15.0 Å². The number of hydrogen-bond donors (Lipinski definition) is 1. The van der Waals surface area contributed by atoms with Gasteiger partial charge in [0.2, 0.25) is 5.95 Å². The van der Waals surface area contributed by atoms with Crippen LogP contribution in [-0.2, 0) is 15.6 Å². The Kier molecular flexibility index (Phi) is 6.53. The third-order valence-corrected chi connectivity index (χ3v) is 8.63. The third kappa shape index (κ3) is 5.03. The molecule has 1 aliphatic carbocycles. The lowest BCUT2D eigenvalue weighted by Gasteiger charge is -2.11. The van der Waals surface area contributed by atoms with E-state index < -0.39 is 9.84 Å². The van der Waals surface area contributed by atoms with E-state index in [1.54, 1.807) is 36.7 Å². The predicted molar refractivity (Wildman–Crippen MR) is 128 cm³/mol. The molecule has 2 heterocycles. The molecular weight excluding hydrogens is 475 g/mol. The summed E-state index contributed by atoms with van der Waals surface area (Å²) in [5.74, 6) is 0.908. The van der Waals surface area contributed by atoms with Gasteiger partial charge in [-0.2, -0.15) is 0 Å². The molecule has 1 aliphatic rings. The predicted octanol–water partition coefficient (Wildman–Crippen LogP) is 5.82. The maximum absolute atomic E-state index is 12.4. The van der Waals surface area contributed by atoms with Gasteiger partial charge in [0.1, 0.15) is 0 Å². The van der Waals surface area contributed by atoms with Crippen LogP contribution in [0.4, 0.5) is 5.95 Å². The summed E-state index contributed by atoms with van der Waals surface area (Å²) >= 11 is 14.7. The smallest absolute Gasteiger partial charge is 0.222 e. The van der Waals surface area contributed by atoms with E-state index in [1.165, 1.54) is 0 Å². The second-order valence-electron chi connectivity index (χ2n) is 7.54. The minimum Gasteiger partial charge on any atom is -0.357 e. The third-order valence-electron chi connectivity index (χ3n) is 4.94. The van der Waals surface area contributed by atoms with Crippen LogP contribution in [-0.4, -0.2) is 36.2 Å². The Hall–Kier alpha value is -1.74. The van der Waals surface area contributed by atoms with E-state index in [9.17, 15) is 8.42 Å². The van der Waals surface area contributed by atoms with E-state index in [2.05, 4.69) is 15.3 Å². The zero-order chi connectivity index (χ0) is 22.2. The van der Waals surface area contributed by atoms with Crippen LogP contribution < -0.4 is 5.32 Å². The molecule has 3 aromatic rings. The van der Waals surface area contributed by atoms with Crippen LogP contribution >= 0.6 is 34.5 Å². The molecule has 0 saturated heterocycles. The van der Waals surface area contributed by atoms with Crippen molar-refractivity contribution in [1.29, 1.82) is 0 Å². The topological polar surface area (TPSA) is 84.8 Å². The molecule has 1 N–H and O–H groups in total. The molecule has 4 rings (SSSR count). The zero-order valence-electron chi connectivity index (χ0n) is 17.2. The normalized spacial score (nSPS) is 14.1. The number of benzene rings is 1. The number of halogens is 2. The first-order valence-electron chi connectivity index (χ1n) is 10.0. The second kappa shape index (κ2) is 9.02. The van der Waals surface area contributed by atoms with Crippen LogP contribution in [0.25, 0.3) is 21.8 Å². The standard InChI is InChI=1S/C21H22Cl2N4O2S2/c1-3-8-31(28,29)11-13-9-14(22)10-15(17(13)23)18-19(30-20(27-18)12-4-5-12)16-6-7-25-21(24-2)26-16/h6-7,9-10,12H,3-5,8,11H2,1-2H3,(H,24,25,26). The number of sulfone groups is 1. The molecule has 0 atom stereocenters. The van der Waals surface area contributed by atoms with Gasteiger partial charge in [-0.05, 0) is 43.0 Å². The van der Waals surface area contributed by atoms with Crippen molar-refractivity contribution >= 4 is 50.3 Å². The molecule has 0 bridgehead atoms. The molecule has 164 valence electrons. The first-order chi connectivity index (χ1) is 14.8. The summed E-state index contributed by atoms with van der Waals surface area (Å²) in [5, 5.41) is 4.77. The fourth-order valence-electron chi connectivity index (χ4n) is 3.35. The van der Waals surface area contributed by atoms with Gasteiger partial charge < -0.3 is 5.32 Å². The highest BCUT2D eigenvalue weighted by Crippen LogP contribution is 2.48. The van der Waals surface area contributed by atoms with Crippen LogP contribution in [0.15, 0.2) is 24.4 Å². The summed E-state index contributed by atoms with van der Waals surface area (Å²) in [5.41, 5.74) is 2.52. The van der Waals surface area contributed by atoms with Gasteiger partial charge >= 0.3 is 0 Å². The molecule has 0 unspecified atom stereocenters. The molecule has 10 heteroatoms. The lowest BCUT2D eigenvalue weighted by molar-refractivity contribution is 0.594. The van der Waals surface area contributed by atoms with Gasteiger partial charge in [-0.15, -0.1) is 11.3 Å². The Labute approximate surface area is 196 Å². The van der Waals surface area contributed by atoms with Gasteiger partial charge in [-0.1, -0.05) is 30.1 Å². The highest BCUT2D eigenvalue weighted by Gasteiger charge is 2.30. The molecule has 6 nitrogen and oxygen atoms in total. The van der Waals surface area contributed by atoms with Gasteiger partial charge in [-0.3, -0.25) is 0 Å². The number of rotatable bonds is 8. The van der Waals surface area contributed by atoms with Gasteiger partial charge in [0.25, 0.3) is 0 Å². The van der Waals surface area contributed by atoms with E-state index in [4.69, 9.17) is 28.2 Å². The fraction of sp³-hybridized carbons (Fsp3) is 0.381. The van der Waals surface area contributed by atoms with Crippen LogP contribution in [0, 0.1) is 0 Å². The minimum atomic E-state index is -3.28. The summed E-state index contributed by atoms with van der Waals surface area (Å²) in [6.07, 6.45) is 4.47. The molecule has 1 fully saturated rings. The van der Waals surface area contributed by atoms with Crippen molar-refractivity contribution in [2.75, 3.05) is 18.1 Å². The van der Waals surface area contributed by atoms with Gasteiger partial charge in [0, 0.05) is 29.7 Å². The molecular formula is C21H22Cl2N4O2S2. The van der Waals surface area contributed by atoms with Gasteiger partial charge in [0.05, 0.1) is 37.8 Å². The van der Waals surface area contributed by atoms with Crippen molar-refractivity contribution in [3.63, 3.8) is 0 Å². The Morgan fingerprint density at radius 2 is 2.00 bits per heavy atom. The van der Waals surface area contributed by atoms with Crippen molar-refractivity contribution in [2.24, 2.45) is 0 Å². The molecule has 0 aliphatic heterocycles.